The number of sulfone groups is 1. The fourth-order valence-corrected chi connectivity index (χ4v) is 3.42. The summed E-state index contributed by atoms with van der Waals surface area (Å²) in [5.41, 5.74) is 0.323. The fraction of sp³-hybridized carbons (Fsp3) is 0.188. The Hall–Kier alpha value is -2.01. The van der Waals surface area contributed by atoms with Gasteiger partial charge in [-0.2, -0.15) is 0 Å². The molecule has 132 valence electrons. The molecule has 2 aromatic carbocycles. The Morgan fingerprint density at radius 2 is 1.60 bits per heavy atom. The zero-order valence-electron chi connectivity index (χ0n) is 13.2. The van der Waals surface area contributed by atoms with Crippen LogP contribution >= 0.6 is 22.6 Å². The summed E-state index contributed by atoms with van der Waals surface area (Å²) >= 11 is 2.04. The van der Waals surface area contributed by atoms with E-state index in [2.05, 4.69) is 5.32 Å². The quantitative estimate of drug-likeness (QED) is 0.298. The zero-order chi connectivity index (χ0) is 18.6. The minimum atomic E-state index is -3.78. The van der Waals surface area contributed by atoms with E-state index in [0.717, 1.165) is 12.1 Å². The number of hydrogen-bond acceptors (Lipinski definition) is 5. The Morgan fingerprint density at radius 3 is 2.04 bits per heavy atom. The number of nitro benzene ring substituents is 1. The van der Waals surface area contributed by atoms with Gasteiger partial charge in [0.1, 0.15) is 0 Å². The van der Waals surface area contributed by atoms with Crippen molar-refractivity contribution < 1.29 is 18.1 Å². The van der Waals surface area contributed by atoms with Crippen LogP contribution in [0.15, 0.2) is 58.3 Å². The number of anilines is 1. The molecule has 1 amide bonds. The highest BCUT2D eigenvalue weighted by molar-refractivity contribution is 14.1. The minimum Gasteiger partial charge on any atom is -0.325 e. The minimum absolute atomic E-state index is 0.0341. The number of nitrogens with one attached hydrogen (secondary N) is 1. The highest BCUT2D eigenvalue weighted by Gasteiger charge is 2.19. The SMILES string of the molecule is CCC(I)C(=O)Nc1ccc(S(=O)(=O)c2ccc([N+](=O)[O-])cc2)cc1. The molecular formula is C16H15IN2O5S. The van der Waals surface area contributed by atoms with Gasteiger partial charge in [0.2, 0.25) is 15.7 Å². The van der Waals surface area contributed by atoms with Crippen molar-refractivity contribution in [2.24, 2.45) is 0 Å². The topological polar surface area (TPSA) is 106 Å². The zero-order valence-corrected chi connectivity index (χ0v) is 16.2. The maximum absolute atomic E-state index is 12.5. The molecule has 1 unspecified atom stereocenters. The second-order valence-electron chi connectivity index (χ2n) is 5.14. The maximum atomic E-state index is 12.5. The van der Waals surface area contributed by atoms with E-state index in [1.54, 1.807) is 0 Å². The van der Waals surface area contributed by atoms with Crippen molar-refractivity contribution in [3.05, 3.63) is 58.6 Å². The van der Waals surface area contributed by atoms with Gasteiger partial charge in [0, 0.05) is 17.8 Å². The van der Waals surface area contributed by atoms with Crippen molar-refractivity contribution in [3.63, 3.8) is 0 Å². The molecule has 1 atom stereocenters. The van der Waals surface area contributed by atoms with E-state index in [9.17, 15) is 23.3 Å². The molecule has 0 bridgehead atoms. The number of rotatable bonds is 6. The molecular weight excluding hydrogens is 459 g/mol. The number of alkyl halides is 1. The number of nitrogens with zero attached hydrogens (tertiary/aromatic N) is 1. The van der Waals surface area contributed by atoms with E-state index in [4.69, 9.17) is 0 Å². The van der Waals surface area contributed by atoms with Crippen molar-refractivity contribution in [2.45, 2.75) is 27.1 Å². The van der Waals surface area contributed by atoms with E-state index < -0.39 is 14.8 Å². The molecule has 0 saturated heterocycles. The molecule has 0 aliphatic heterocycles. The smallest absolute Gasteiger partial charge is 0.269 e. The third-order valence-corrected chi connectivity index (χ3v) is 6.66. The lowest BCUT2D eigenvalue weighted by Gasteiger charge is -2.10. The van der Waals surface area contributed by atoms with Gasteiger partial charge in [0.05, 0.1) is 18.6 Å². The summed E-state index contributed by atoms with van der Waals surface area (Å²) in [5, 5.41) is 13.4. The maximum Gasteiger partial charge on any atom is 0.269 e. The van der Waals surface area contributed by atoms with Crippen molar-refractivity contribution in [2.75, 3.05) is 5.32 Å². The molecule has 0 aromatic heterocycles. The summed E-state index contributed by atoms with van der Waals surface area (Å²) in [4.78, 5) is 21.9. The lowest BCUT2D eigenvalue weighted by molar-refractivity contribution is -0.384. The van der Waals surface area contributed by atoms with Gasteiger partial charge in [-0.1, -0.05) is 29.5 Å². The molecule has 0 aliphatic rings. The van der Waals surface area contributed by atoms with Gasteiger partial charge in [-0.3, -0.25) is 14.9 Å². The predicted molar refractivity (Wildman–Crippen MR) is 102 cm³/mol. The van der Waals surface area contributed by atoms with Gasteiger partial charge in [0.25, 0.3) is 5.69 Å². The van der Waals surface area contributed by atoms with Crippen LogP contribution in [0, 0.1) is 10.1 Å². The van der Waals surface area contributed by atoms with E-state index in [-0.39, 0.29) is 25.3 Å². The van der Waals surface area contributed by atoms with Crippen LogP contribution < -0.4 is 5.32 Å². The van der Waals surface area contributed by atoms with Crippen molar-refractivity contribution in [1.29, 1.82) is 0 Å². The van der Waals surface area contributed by atoms with Crippen LogP contribution in [-0.2, 0) is 14.6 Å². The van der Waals surface area contributed by atoms with Gasteiger partial charge in [0.15, 0.2) is 0 Å². The molecule has 0 spiro atoms. The molecule has 0 fully saturated rings. The normalized spacial score (nSPS) is 12.4. The van der Waals surface area contributed by atoms with Crippen molar-refractivity contribution in [3.8, 4) is 0 Å². The molecule has 2 rings (SSSR count). The number of amides is 1. The molecule has 7 nitrogen and oxygen atoms in total. The average Bonchev–Trinajstić information content (AvgIpc) is 2.61. The number of halogens is 1. The second kappa shape index (κ2) is 7.91. The molecule has 0 radical (unpaired) electrons. The summed E-state index contributed by atoms with van der Waals surface area (Å²) in [6.45, 7) is 1.90. The van der Waals surface area contributed by atoms with Crippen LogP contribution in [0.5, 0.6) is 0 Å². The van der Waals surface area contributed by atoms with Crippen LogP contribution in [0.4, 0.5) is 11.4 Å². The molecule has 1 N–H and O–H groups in total. The van der Waals surface area contributed by atoms with Gasteiger partial charge in [-0.25, -0.2) is 8.42 Å². The standard InChI is InChI=1S/C16H15IN2O5S/c1-2-15(17)16(20)18-11-3-7-13(8-4-11)25(23,24)14-9-5-12(6-10-14)19(21)22/h3-10,15H,2H2,1H3,(H,18,20). The average molecular weight is 474 g/mol. The van der Waals surface area contributed by atoms with E-state index in [1.165, 1.54) is 36.4 Å². The Bertz CT molecular complexity index is 880. The fourth-order valence-electron chi connectivity index (χ4n) is 2.01. The molecule has 0 saturated carbocycles. The Morgan fingerprint density at radius 1 is 1.12 bits per heavy atom. The molecule has 25 heavy (non-hydrogen) atoms. The number of carbonyl (C=O) groups excluding carboxylic acids is 1. The molecule has 0 aliphatic carbocycles. The van der Waals surface area contributed by atoms with Gasteiger partial charge >= 0.3 is 0 Å². The van der Waals surface area contributed by atoms with Gasteiger partial charge in [-0.05, 0) is 42.8 Å². The van der Waals surface area contributed by atoms with Crippen LogP contribution in [0.25, 0.3) is 0 Å². The van der Waals surface area contributed by atoms with Gasteiger partial charge in [-0.15, -0.1) is 0 Å². The number of hydrogen-bond donors (Lipinski definition) is 1. The van der Waals surface area contributed by atoms with E-state index in [0.29, 0.717) is 12.1 Å². The monoisotopic (exact) mass is 474 g/mol. The summed E-state index contributed by atoms with van der Waals surface area (Å²) < 4.78 is 24.9. The number of non-ortho nitro benzene ring substituents is 1. The highest BCUT2D eigenvalue weighted by atomic mass is 127. The van der Waals surface area contributed by atoms with Crippen molar-refractivity contribution in [1.82, 2.24) is 0 Å². The largest absolute Gasteiger partial charge is 0.325 e. The number of nitro groups is 1. The third kappa shape index (κ3) is 4.54. The summed E-state index contributed by atoms with van der Waals surface area (Å²) in [5.74, 6) is -0.144. The first kappa shape index (κ1) is 19.3. The first-order chi connectivity index (χ1) is 11.8. The second-order valence-corrected chi connectivity index (χ2v) is 8.60. The lowest BCUT2D eigenvalue weighted by Crippen LogP contribution is -2.21. The molecule has 2 aromatic rings. The molecule has 9 heteroatoms. The Kier molecular flexibility index (Phi) is 6.11. The summed E-state index contributed by atoms with van der Waals surface area (Å²) in [6, 6.07) is 10.5. The highest BCUT2D eigenvalue weighted by Crippen LogP contribution is 2.24. The first-order valence-corrected chi connectivity index (χ1v) is 10.0. The van der Waals surface area contributed by atoms with E-state index in [1.807, 2.05) is 29.5 Å². The molecule has 0 heterocycles. The Labute approximate surface area is 158 Å². The van der Waals surface area contributed by atoms with Crippen LogP contribution in [-0.4, -0.2) is 23.2 Å². The van der Waals surface area contributed by atoms with E-state index >= 15 is 0 Å². The summed E-state index contributed by atoms with van der Waals surface area (Å²) in [6.07, 6.45) is 0.693. The Balaban J connectivity index is 2.22. The van der Waals surface area contributed by atoms with Crippen LogP contribution in [0.1, 0.15) is 13.3 Å². The number of carbonyl (C=O) groups is 1. The number of benzene rings is 2. The lowest BCUT2D eigenvalue weighted by atomic mass is 10.3. The van der Waals surface area contributed by atoms with Gasteiger partial charge < -0.3 is 5.32 Å². The van der Waals surface area contributed by atoms with Crippen LogP contribution in [0.3, 0.4) is 0 Å². The summed E-state index contributed by atoms with van der Waals surface area (Å²) in [7, 11) is -3.78. The van der Waals surface area contributed by atoms with Crippen LogP contribution in [0.2, 0.25) is 0 Å². The third-order valence-electron chi connectivity index (χ3n) is 3.43. The first-order valence-electron chi connectivity index (χ1n) is 7.30. The van der Waals surface area contributed by atoms with Crippen molar-refractivity contribution >= 4 is 49.7 Å². The predicted octanol–water partition coefficient (Wildman–Crippen LogP) is 3.58.